The Bertz CT molecular complexity index is 2440. The zero-order chi connectivity index (χ0) is 61.1. The van der Waals surface area contributed by atoms with Gasteiger partial charge in [0.25, 0.3) is 11.7 Å². The number of rotatable bonds is 13. The highest BCUT2D eigenvalue weighted by molar-refractivity contribution is 6.39. The minimum Gasteiger partial charge on any atom is -0.460 e. The summed E-state index contributed by atoms with van der Waals surface area (Å²) < 4.78 is 42.0. The minimum atomic E-state index is -2.54. The van der Waals surface area contributed by atoms with E-state index in [9.17, 15) is 44.1 Å². The molecule has 2 unspecified atom stereocenters. The lowest BCUT2D eigenvalue weighted by Gasteiger charge is -2.43. The van der Waals surface area contributed by atoms with E-state index in [0.29, 0.717) is 95.2 Å². The summed E-state index contributed by atoms with van der Waals surface area (Å²) >= 11 is 0. The quantitative estimate of drug-likeness (QED) is 0.0856. The zero-order valence-electron chi connectivity index (χ0n) is 51.2. The normalized spacial score (nSPS) is 35.5. The maximum Gasteiger partial charge on any atom is 0.407 e. The first-order chi connectivity index (χ1) is 40.1. The van der Waals surface area contributed by atoms with Gasteiger partial charge in [0, 0.05) is 77.5 Å². The van der Waals surface area contributed by atoms with Crippen LogP contribution in [0.3, 0.4) is 0 Å². The molecule has 16 atom stereocenters. The summed E-state index contributed by atoms with van der Waals surface area (Å²) in [7, 11) is 2.95. The van der Waals surface area contributed by atoms with E-state index in [-0.39, 0.29) is 55.8 Å². The molecule has 0 aromatic heterocycles. The van der Waals surface area contributed by atoms with Gasteiger partial charge in [0.1, 0.15) is 42.3 Å². The van der Waals surface area contributed by atoms with Gasteiger partial charge in [-0.15, -0.1) is 0 Å². The average molecular weight is 1180 g/mol. The largest absolute Gasteiger partial charge is 0.460 e. The van der Waals surface area contributed by atoms with Crippen LogP contribution in [0, 0.1) is 35.5 Å². The van der Waals surface area contributed by atoms with E-state index < -0.39 is 108 Å². The number of ketones is 3. The Hall–Kier alpha value is -4.96. The number of fused-ring (bicyclic) bond motifs is 3. The van der Waals surface area contributed by atoms with Crippen molar-refractivity contribution in [3.05, 3.63) is 83.5 Å². The van der Waals surface area contributed by atoms with Crippen molar-refractivity contribution in [2.24, 2.45) is 35.5 Å². The number of morpholine rings is 1. The van der Waals surface area contributed by atoms with Crippen molar-refractivity contribution in [2.45, 2.75) is 186 Å². The number of carbonyl (C=O) groups excluding carboxylic acids is 6. The number of amides is 2. The van der Waals surface area contributed by atoms with Gasteiger partial charge >= 0.3 is 12.1 Å². The SMILES string of the molecule is CO[C@@H]1C[C@H](C[C@@H](C)[C@@H]2CC(=O)C(C)/C=C(\C)[C@@H](O)[C@@H](OC)C(=O)[C@H](C)C[C@H](C)/C=C/C=C/C=C(\C)C(OC[C@@H](O)c3ccccc3)C[C@@H]3CC[C@@H](C)[C@@](O)(O3)C(=O)C(=O)N3CCCC[C@H]3C(=O)O2)CC[C@H]1OC(=O)NCCN1CCOCC1. The molecule has 4 fully saturated rings. The summed E-state index contributed by atoms with van der Waals surface area (Å²) in [6.45, 7) is 16.5. The minimum absolute atomic E-state index is 0.0177. The number of nitrogens with zero attached hydrogens (tertiary/aromatic N) is 2. The number of piperidine rings is 1. The van der Waals surface area contributed by atoms with Crippen LogP contribution in [0.1, 0.15) is 137 Å². The fourth-order valence-corrected chi connectivity index (χ4v) is 12.5. The van der Waals surface area contributed by atoms with Crippen molar-refractivity contribution in [3.63, 3.8) is 0 Å². The van der Waals surface area contributed by atoms with Crippen LogP contribution in [0.5, 0.6) is 0 Å². The molecule has 2 bridgehead atoms. The van der Waals surface area contributed by atoms with Crippen molar-refractivity contribution < 1.29 is 77.2 Å². The van der Waals surface area contributed by atoms with E-state index in [1.807, 2.05) is 69.4 Å². The number of alkyl carbamates (subject to hydrolysis) is 1. The third-order valence-electron chi connectivity index (χ3n) is 17.9. The van der Waals surface area contributed by atoms with Crippen LogP contribution in [0.15, 0.2) is 77.9 Å². The summed E-state index contributed by atoms with van der Waals surface area (Å²) in [4.78, 5) is 88.7. The molecule has 19 nitrogen and oxygen atoms in total. The van der Waals surface area contributed by atoms with Gasteiger partial charge in [-0.05, 0) is 113 Å². The molecular weight excluding hydrogens is 1080 g/mol. The fraction of sp³-hybridized carbons (Fsp3) is 0.692. The Morgan fingerprint density at radius 3 is 2.31 bits per heavy atom. The predicted octanol–water partition coefficient (Wildman–Crippen LogP) is 7.35. The number of allylic oxidation sites excluding steroid dienone is 6. The molecule has 4 aliphatic heterocycles. The first-order valence-corrected chi connectivity index (χ1v) is 30.7. The van der Waals surface area contributed by atoms with Crippen molar-refractivity contribution in [2.75, 3.05) is 66.8 Å². The van der Waals surface area contributed by atoms with Gasteiger partial charge < -0.3 is 58.7 Å². The highest BCUT2D eigenvalue weighted by atomic mass is 16.6. The van der Waals surface area contributed by atoms with E-state index in [1.54, 1.807) is 53.0 Å². The molecular formula is C65H97N3O16. The van der Waals surface area contributed by atoms with Crippen LogP contribution in [0.2, 0.25) is 0 Å². The molecule has 1 aliphatic carbocycles. The zero-order valence-corrected chi connectivity index (χ0v) is 51.2. The Balaban J connectivity index is 1.26. The van der Waals surface area contributed by atoms with Crippen LogP contribution >= 0.6 is 0 Å². The van der Waals surface area contributed by atoms with E-state index in [1.165, 1.54) is 12.0 Å². The molecule has 0 radical (unpaired) electrons. The van der Waals surface area contributed by atoms with Crippen LogP contribution in [-0.4, -0.2) is 182 Å². The second-order valence-corrected chi connectivity index (χ2v) is 24.4. The van der Waals surface area contributed by atoms with Crippen LogP contribution in [0.25, 0.3) is 0 Å². The Kier molecular flexibility index (Phi) is 27.0. The number of hydrogen-bond donors (Lipinski definition) is 4. The molecule has 4 N–H and O–H groups in total. The second-order valence-electron chi connectivity index (χ2n) is 24.4. The molecule has 19 heteroatoms. The number of aliphatic hydroxyl groups excluding tert-OH is 2. The van der Waals surface area contributed by atoms with E-state index in [0.717, 1.165) is 18.7 Å². The van der Waals surface area contributed by atoms with Gasteiger partial charge in [0.15, 0.2) is 5.78 Å². The number of esters is 1. The third-order valence-corrected chi connectivity index (χ3v) is 17.9. The molecule has 1 aromatic rings. The molecule has 1 aromatic carbocycles. The topological polar surface area (TPSA) is 246 Å². The highest BCUT2D eigenvalue weighted by Crippen LogP contribution is 2.38. The molecule has 84 heavy (non-hydrogen) atoms. The number of benzene rings is 1. The Morgan fingerprint density at radius 1 is 0.857 bits per heavy atom. The van der Waals surface area contributed by atoms with Crippen molar-refractivity contribution >= 4 is 35.3 Å². The third kappa shape index (κ3) is 19.3. The van der Waals surface area contributed by atoms with E-state index in [2.05, 4.69) is 10.2 Å². The smallest absolute Gasteiger partial charge is 0.407 e. The first kappa shape index (κ1) is 68.2. The van der Waals surface area contributed by atoms with Gasteiger partial charge in [-0.3, -0.25) is 24.1 Å². The number of aliphatic hydroxyl groups is 3. The number of carbonyl (C=O) groups is 6. The molecule has 2 amide bonds. The molecule has 3 saturated heterocycles. The molecule has 1 saturated carbocycles. The summed E-state index contributed by atoms with van der Waals surface area (Å²) in [6, 6.07) is 7.90. The van der Waals surface area contributed by atoms with Crippen molar-refractivity contribution in [1.82, 2.24) is 15.1 Å². The monoisotopic (exact) mass is 1180 g/mol. The number of ether oxygens (including phenoxy) is 7. The second kappa shape index (κ2) is 33.2. The molecule has 468 valence electrons. The van der Waals surface area contributed by atoms with Crippen LogP contribution in [-0.2, 0) is 57.1 Å². The van der Waals surface area contributed by atoms with Gasteiger partial charge in [-0.2, -0.15) is 0 Å². The average Bonchev–Trinajstić information content (AvgIpc) is 2.12. The van der Waals surface area contributed by atoms with Crippen LogP contribution in [0.4, 0.5) is 4.79 Å². The molecule has 4 heterocycles. The predicted molar refractivity (Wildman–Crippen MR) is 315 cm³/mol. The Morgan fingerprint density at radius 2 is 1.60 bits per heavy atom. The van der Waals surface area contributed by atoms with Gasteiger partial charge in [-0.25, -0.2) is 9.59 Å². The Labute approximate surface area is 497 Å². The standard InChI is InChI=1S/C65H97N3O16/c1-41-18-12-10-13-19-42(2)55(81-40-53(70)49-20-14-11-15-21-49)38-50-25-23-47(7)65(77,84-50)61(73)62(74)68-28-17-16-22-51(68)63(75)82-56(39-52(69)43(3)35-46(6)59(72)60(79-9)58(71)45(5)34-41)44(4)36-48-24-26-54(57(37-48)78-8)83-64(76)66-27-29-67-30-32-80-33-31-67/h10-15,18-21,35,41,43-45,47-48,50-51,53-57,59-60,70,72,77H,16-17,22-34,36-40H2,1-9H3,(H,66,76)/b13-10+,18-12+,42-19+,46-35+/t41-,43?,44-,45-,47-,48+,50+,51+,53-,54-,55?,56+,57-,59-,60+,65-/m1/s1. The highest BCUT2D eigenvalue weighted by Gasteiger charge is 2.53. The lowest BCUT2D eigenvalue weighted by Crippen LogP contribution is -2.61. The number of methoxy groups -OCH3 is 2. The van der Waals surface area contributed by atoms with Gasteiger partial charge in [0.2, 0.25) is 5.79 Å². The van der Waals surface area contributed by atoms with Crippen molar-refractivity contribution in [1.29, 1.82) is 0 Å². The number of Topliss-reactive ketones (excluding diaryl/α,β-unsaturated/α-hetero) is 3. The number of cyclic esters (lactones) is 1. The summed E-state index contributed by atoms with van der Waals surface area (Å²) in [5.74, 6) is -8.73. The van der Waals surface area contributed by atoms with Crippen LogP contribution < -0.4 is 5.32 Å². The fourth-order valence-electron chi connectivity index (χ4n) is 12.5. The van der Waals surface area contributed by atoms with E-state index in [4.69, 9.17) is 33.2 Å². The molecule has 0 spiro atoms. The maximum absolute atomic E-state index is 14.7. The van der Waals surface area contributed by atoms with Crippen molar-refractivity contribution in [3.8, 4) is 0 Å². The summed E-state index contributed by atoms with van der Waals surface area (Å²) in [5.41, 5.74) is 1.79. The van der Waals surface area contributed by atoms with Gasteiger partial charge in [-0.1, -0.05) is 101 Å². The molecule has 6 rings (SSSR count). The summed E-state index contributed by atoms with van der Waals surface area (Å²) in [5, 5.41) is 37.9. The van der Waals surface area contributed by atoms with E-state index >= 15 is 0 Å². The maximum atomic E-state index is 14.7. The number of hydrogen-bond acceptors (Lipinski definition) is 17. The lowest BCUT2D eigenvalue weighted by molar-refractivity contribution is -0.266. The summed E-state index contributed by atoms with van der Waals surface area (Å²) in [6.07, 6.45) is 8.22. The first-order valence-electron chi connectivity index (χ1n) is 30.7. The molecule has 5 aliphatic rings. The lowest BCUT2D eigenvalue weighted by atomic mass is 9.78. The number of nitrogens with one attached hydrogen (secondary N) is 1. The van der Waals surface area contributed by atoms with Gasteiger partial charge in [0.05, 0.1) is 38.1 Å².